The van der Waals surface area contributed by atoms with E-state index in [-0.39, 0.29) is 5.91 Å². The minimum absolute atomic E-state index is 0.350. The van der Waals surface area contributed by atoms with Crippen molar-refractivity contribution in [2.45, 2.75) is 33.2 Å². The molecule has 0 radical (unpaired) electrons. The number of rotatable bonds is 6. The minimum atomic E-state index is -3.61. The van der Waals surface area contributed by atoms with E-state index < -0.39 is 16.1 Å². The van der Waals surface area contributed by atoms with Crippen molar-refractivity contribution in [1.82, 2.24) is 0 Å². The highest BCUT2D eigenvalue weighted by molar-refractivity contribution is 7.92. The highest BCUT2D eigenvalue weighted by Gasteiger charge is 2.31. The second-order valence-electron chi connectivity index (χ2n) is 6.17. The summed E-state index contributed by atoms with van der Waals surface area (Å²) in [5.74, 6) is -0.350. The van der Waals surface area contributed by atoms with Crippen LogP contribution in [0.1, 0.15) is 24.5 Å². The normalized spacial score (nSPS) is 12.5. The topological polar surface area (TPSA) is 66.5 Å². The van der Waals surface area contributed by atoms with E-state index in [2.05, 4.69) is 5.32 Å². The summed E-state index contributed by atoms with van der Waals surface area (Å²) in [4.78, 5) is 12.7. The lowest BCUT2D eigenvalue weighted by Crippen LogP contribution is -2.47. The van der Waals surface area contributed by atoms with Crippen LogP contribution in [0.4, 0.5) is 11.4 Å². The first-order valence-corrected chi connectivity index (χ1v) is 10.0. The number of sulfonamides is 1. The van der Waals surface area contributed by atoms with Crippen LogP contribution in [-0.4, -0.2) is 26.6 Å². The van der Waals surface area contributed by atoms with E-state index in [1.165, 1.54) is 4.31 Å². The molecule has 1 N–H and O–H groups in total. The number of aryl methyl sites for hydroxylation is 2. The molecule has 1 atom stereocenters. The fourth-order valence-electron chi connectivity index (χ4n) is 2.61. The van der Waals surface area contributed by atoms with Gasteiger partial charge in [-0.05, 0) is 44.5 Å². The van der Waals surface area contributed by atoms with Crippen LogP contribution in [0.25, 0.3) is 0 Å². The van der Waals surface area contributed by atoms with Crippen molar-refractivity contribution in [2.24, 2.45) is 0 Å². The van der Waals surface area contributed by atoms with Gasteiger partial charge in [0, 0.05) is 5.69 Å². The van der Waals surface area contributed by atoms with Gasteiger partial charge in [-0.25, -0.2) is 8.42 Å². The lowest BCUT2D eigenvalue weighted by atomic mass is 10.1. The van der Waals surface area contributed by atoms with Crippen molar-refractivity contribution in [2.75, 3.05) is 15.9 Å². The standard InChI is InChI=1S/C19H24N2O3S/c1-5-18(19(22)20-16-10-6-14(2)7-11-16)21(25(4,23)24)17-12-8-15(3)9-13-17/h6-13,18H,5H2,1-4H3,(H,20,22)/t18-/m0/s1. The fraction of sp³-hybridized carbons (Fsp3) is 0.316. The predicted octanol–water partition coefficient (Wildman–Crippen LogP) is 3.49. The van der Waals surface area contributed by atoms with Crippen LogP contribution in [0.5, 0.6) is 0 Å². The molecule has 0 aliphatic heterocycles. The number of nitrogens with one attached hydrogen (secondary N) is 1. The van der Waals surface area contributed by atoms with Crippen LogP contribution in [0.3, 0.4) is 0 Å². The molecule has 0 saturated heterocycles. The van der Waals surface area contributed by atoms with E-state index in [9.17, 15) is 13.2 Å². The fourth-order valence-corrected chi connectivity index (χ4v) is 3.83. The number of carbonyl (C=O) groups excluding carboxylic acids is 1. The Morgan fingerprint density at radius 3 is 1.92 bits per heavy atom. The van der Waals surface area contributed by atoms with Crippen LogP contribution in [0.15, 0.2) is 48.5 Å². The zero-order valence-electron chi connectivity index (χ0n) is 15.0. The molecule has 0 aliphatic rings. The highest BCUT2D eigenvalue weighted by Crippen LogP contribution is 2.23. The third-order valence-electron chi connectivity index (χ3n) is 3.94. The molecule has 25 heavy (non-hydrogen) atoms. The van der Waals surface area contributed by atoms with Gasteiger partial charge in [-0.3, -0.25) is 9.10 Å². The van der Waals surface area contributed by atoms with Gasteiger partial charge in [0.1, 0.15) is 6.04 Å². The monoisotopic (exact) mass is 360 g/mol. The first kappa shape index (κ1) is 19.0. The van der Waals surface area contributed by atoms with Gasteiger partial charge < -0.3 is 5.32 Å². The highest BCUT2D eigenvalue weighted by atomic mass is 32.2. The number of nitrogens with zero attached hydrogens (tertiary/aromatic N) is 1. The Bertz CT molecular complexity index is 828. The molecule has 134 valence electrons. The van der Waals surface area contributed by atoms with Gasteiger partial charge in [0.2, 0.25) is 15.9 Å². The molecule has 0 spiro atoms. The predicted molar refractivity (Wildman–Crippen MR) is 102 cm³/mol. The van der Waals surface area contributed by atoms with Crippen molar-refractivity contribution < 1.29 is 13.2 Å². The summed E-state index contributed by atoms with van der Waals surface area (Å²) in [6.07, 6.45) is 1.48. The van der Waals surface area contributed by atoms with E-state index in [0.717, 1.165) is 17.4 Å². The van der Waals surface area contributed by atoms with Gasteiger partial charge >= 0.3 is 0 Å². The van der Waals surface area contributed by atoms with Gasteiger partial charge in [0.05, 0.1) is 11.9 Å². The molecule has 2 rings (SSSR count). The number of anilines is 2. The Balaban J connectivity index is 2.34. The molecule has 0 aromatic heterocycles. The minimum Gasteiger partial charge on any atom is -0.324 e. The second-order valence-corrected chi connectivity index (χ2v) is 8.03. The van der Waals surface area contributed by atoms with Crippen molar-refractivity contribution in [3.63, 3.8) is 0 Å². The molecular formula is C19H24N2O3S. The van der Waals surface area contributed by atoms with Crippen LogP contribution in [0.2, 0.25) is 0 Å². The molecule has 0 bridgehead atoms. The molecule has 2 aromatic carbocycles. The summed E-state index contributed by atoms with van der Waals surface area (Å²) in [6.45, 7) is 5.69. The summed E-state index contributed by atoms with van der Waals surface area (Å²) < 4.78 is 25.9. The van der Waals surface area contributed by atoms with Gasteiger partial charge in [0.25, 0.3) is 0 Å². The third kappa shape index (κ3) is 4.82. The Morgan fingerprint density at radius 1 is 1.00 bits per heavy atom. The van der Waals surface area contributed by atoms with E-state index >= 15 is 0 Å². The summed E-state index contributed by atoms with van der Waals surface area (Å²) in [7, 11) is -3.61. The summed E-state index contributed by atoms with van der Waals surface area (Å²) >= 11 is 0. The largest absolute Gasteiger partial charge is 0.324 e. The Kier molecular flexibility index (Phi) is 5.85. The summed E-state index contributed by atoms with van der Waals surface area (Å²) in [5.41, 5.74) is 3.24. The van der Waals surface area contributed by atoms with Gasteiger partial charge in [-0.15, -0.1) is 0 Å². The van der Waals surface area contributed by atoms with Crippen molar-refractivity contribution in [1.29, 1.82) is 0 Å². The third-order valence-corrected chi connectivity index (χ3v) is 5.12. The van der Waals surface area contributed by atoms with E-state index in [0.29, 0.717) is 17.8 Å². The molecule has 5 nitrogen and oxygen atoms in total. The van der Waals surface area contributed by atoms with E-state index in [1.807, 2.05) is 38.1 Å². The zero-order valence-corrected chi connectivity index (χ0v) is 15.8. The number of hydrogen-bond acceptors (Lipinski definition) is 3. The average Bonchev–Trinajstić information content (AvgIpc) is 2.54. The Labute approximate surface area is 149 Å². The van der Waals surface area contributed by atoms with Gasteiger partial charge in [0.15, 0.2) is 0 Å². The van der Waals surface area contributed by atoms with Crippen LogP contribution >= 0.6 is 0 Å². The van der Waals surface area contributed by atoms with Gasteiger partial charge in [-0.2, -0.15) is 0 Å². The first-order valence-electron chi connectivity index (χ1n) is 8.16. The lowest BCUT2D eigenvalue weighted by Gasteiger charge is -2.30. The Hall–Kier alpha value is -2.34. The molecule has 0 heterocycles. The smallest absolute Gasteiger partial charge is 0.248 e. The molecule has 0 unspecified atom stereocenters. The quantitative estimate of drug-likeness (QED) is 0.857. The van der Waals surface area contributed by atoms with Crippen molar-refractivity contribution >= 4 is 27.3 Å². The van der Waals surface area contributed by atoms with Gasteiger partial charge in [-0.1, -0.05) is 42.3 Å². The molecule has 0 aliphatic carbocycles. The number of benzene rings is 2. The number of hydrogen-bond donors (Lipinski definition) is 1. The summed E-state index contributed by atoms with van der Waals surface area (Å²) in [5, 5.41) is 2.81. The summed E-state index contributed by atoms with van der Waals surface area (Å²) in [6, 6.07) is 13.7. The van der Waals surface area contributed by atoms with E-state index in [4.69, 9.17) is 0 Å². The molecule has 1 amide bonds. The zero-order chi connectivity index (χ0) is 18.6. The second kappa shape index (κ2) is 7.70. The number of amides is 1. The molecule has 0 saturated carbocycles. The average molecular weight is 360 g/mol. The lowest BCUT2D eigenvalue weighted by molar-refractivity contribution is -0.117. The van der Waals surface area contributed by atoms with Crippen LogP contribution in [-0.2, 0) is 14.8 Å². The molecule has 2 aromatic rings. The van der Waals surface area contributed by atoms with Crippen molar-refractivity contribution in [3.05, 3.63) is 59.7 Å². The Morgan fingerprint density at radius 2 is 1.48 bits per heavy atom. The van der Waals surface area contributed by atoms with Crippen LogP contribution < -0.4 is 9.62 Å². The number of carbonyl (C=O) groups is 1. The maximum atomic E-state index is 12.7. The maximum Gasteiger partial charge on any atom is 0.248 e. The molecule has 0 fully saturated rings. The molecule has 6 heteroatoms. The van der Waals surface area contributed by atoms with Crippen molar-refractivity contribution in [3.8, 4) is 0 Å². The molecular weight excluding hydrogens is 336 g/mol. The SMILES string of the molecule is CC[C@@H](C(=O)Nc1ccc(C)cc1)N(c1ccc(C)cc1)S(C)(=O)=O. The maximum absolute atomic E-state index is 12.7. The van der Waals surface area contributed by atoms with Crippen LogP contribution in [0, 0.1) is 13.8 Å². The first-order chi connectivity index (χ1) is 11.7. The van der Waals surface area contributed by atoms with E-state index in [1.54, 1.807) is 31.2 Å².